The minimum atomic E-state index is -0.863. The Morgan fingerprint density at radius 1 is 1.06 bits per heavy atom. The Kier molecular flexibility index (Phi) is 6.43. The predicted molar refractivity (Wildman–Crippen MR) is 121 cm³/mol. The largest absolute Gasteiger partial charge is 0.714 e. The zero-order valence-corrected chi connectivity index (χ0v) is 18.4. The average Bonchev–Trinajstić information content (AvgIpc) is 2.88. The summed E-state index contributed by atoms with van der Waals surface area (Å²) in [5.41, 5.74) is 0.119. The van der Waals surface area contributed by atoms with Gasteiger partial charge in [-0.05, 0) is 81.9 Å². The van der Waals surface area contributed by atoms with E-state index in [1.54, 1.807) is 76.2 Å². The van der Waals surface area contributed by atoms with Gasteiger partial charge in [-0.15, -0.1) is 0 Å². The van der Waals surface area contributed by atoms with Crippen LogP contribution in [0.2, 0.25) is 0 Å². The van der Waals surface area contributed by atoms with Gasteiger partial charge in [0.2, 0.25) is 0 Å². The van der Waals surface area contributed by atoms with Gasteiger partial charge in [0.25, 0.3) is 0 Å². The van der Waals surface area contributed by atoms with Crippen LogP contribution in [0.1, 0.15) is 38.8 Å². The van der Waals surface area contributed by atoms with Crippen LogP contribution in [0.25, 0.3) is 0 Å². The normalized spacial score (nSPS) is 15.8. The van der Waals surface area contributed by atoms with Crippen LogP contribution in [-0.4, -0.2) is 39.4 Å². The zero-order valence-electron chi connectivity index (χ0n) is 18.4. The minimum absolute atomic E-state index is 0.0882. The number of nitrogens with one attached hydrogen (secondary N) is 1. The monoisotopic (exact) mass is 430 g/mol. The lowest BCUT2D eigenvalue weighted by molar-refractivity contribution is -0.539. The molecule has 2 aromatic carbocycles. The molecule has 0 fully saturated rings. The Morgan fingerprint density at radius 2 is 1.72 bits per heavy atom. The molecule has 0 spiro atoms. The van der Waals surface area contributed by atoms with E-state index in [0.29, 0.717) is 16.8 Å². The first kappa shape index (κ1) is 22.7. The van der Waals surface area contributed by atoms with Crippen LogP contribution in [0.3, 0.4) is 0 Å². The molecule has 1 amide bonds. The number of carbonyl (C=O) groups excluding carboxylic acids is 1. The third-order valence-electron chi connectivity index (χ3n) is 5.69. The molecule has 0 saturated heterocycles. The summed E-state index contributed by atoms with van der Waals surface area (Å²) in [5.74, 6) is 10.9. The van der Waals surface area contributed by atoms with Crippen molar-refractivity contribution in [3.63, 3.8) is 0 Å². The van der Waals surface area contributed by atoms with Crippen LogP contribution in [-0.2, 0) is 9.94 Å². The molecule has 0 unspecified atom stereocenters. The van der Waals surface area contributed by atoms with Gasteiger partial charge in [0.15, 0.2) is 12.1 Å². The number of para-hydroxylation sites is 1. The summed E-state index contributed by atoms with van der Waals surface area (Å²) in [7, 11) is 0. The van der Waals surface area contributed by atoms with E-state index in [4.69, 9.17) is 4.74 Å². The number of rotatable bonds is 3. The van der Waals surface area contributed by atoms with E-state index in [0.717, 1.165) is 9.80 Å². The summed E-state index contributed by atoms with van der Waals surface area (Å²) in [6, 6.07) is 15.8. The molecular weight excluding hydrogens is 406 g/mol. The smallest absolute Gasteiger partial charge is 0.412 e. The van der Waals surface area contributed by atoms with E-state index >= 15 is 0 Å². The lowest BCUT2D eigenvalue weighted by Gasteiger charge is -2.32. The molecule has 0 saturated carbocycles. The highest BCUT2D eigenvalue weighted by Gasteiger charge is 2.59. The maximum atomic E-state index is 12.7. The number of benzene rings is 2. The molecule has 1 aliphatic rings. The number of ether oxygens (including phenoxy) is 1. The zero-order chi connectivity index (χ0) is 23.4. The van der Waals surface area contributed by atoms with Crippen LogP contribution in [0.5, 0.6) is 0 Å². The second-order valence-electron chi connectivity index (χ2n) is 8.23. The lowest BCUT2D eigenvalue weighted by atomic mass is 9.84. The Balaban J connectivity index is 1.58. The molecule has 0 aliphatic carbocycles. The van der Waals surface area contributed by atoms with E-state index in [1.165, 1.54) is 0 Å². The van der Waals surface area contributed by atoms with Gasteiger partial charge in [0.1, 0.15) is 5.54 Å². The third kappa shape index (κ3) is 4.54. The predicted octanol–water partition coefficient (Wildman–Crippen LogP) is 3.77. The first-order chi connectivity index (χ1) is 15.1. The Bertz CT molecular complexity index is 1140. The van der Waals surface area contributed by atoms with Gasteiger partial charge in [-0.3, -0.25) is 10.1 Å². The molecule has 1 aliphatic heterocycles. The van der Waals surface area contributed by atoms with Crippen LogP contribution < -0.4 is 5.32 Å². The highest BCUT2D eigenvalue weighted by Crippen LogP contribution is 2.37. The molecule has 32 heavy (non-hydrogen) atoms. The molecule has 1 heterocycles. The van der Waals surface area contributed by atoms with Gasteiger partial charge in [0.05, 0.1) is 5.56 Å². The van der Waals surface area contributed by atoms with Crippen molar-refractivity contribution in [3.8, 4) is 23.7 Å². The summed E-state index contributed by atoms with van der Waals surface area (Å²) < 4.78 is 5.74. The maximum Gasteiger partial charge on any atom is 0.412 e. The molecule has 0 aromatic heterocycles. The average molecular weight is 430 g/mol. The number of nitrogens with zero attached hydrogens (tertiary/aromatic N) is 2. The van der Waals surface area contributed by atoms with Crippen molar-refractivity contribution in [2.45, 2.75) is 38.8 Å². The molecule has 2 aromatic rings. The third-order valence-corrected chi connectivity index (χ3v) is 5.69. The van der Waals surface area contributed by atoms with E-state index < -0.39 is 17.2 Å². The number of anilines is 1. The van der Waals surface area contributed by atoms with E-state index in [-0.39, 0.29) is 12.4 Å². The van der Waals surface area contributed by atoms with Crippen molar-refractivity contribution < 1.29 is 19.5 Å². The van der Waals surface area contributed by atoms with Crippen LogP contribution in [0.4, 0.5) is 10.5 Å². The summed E-state index contributed by atoms with van der Waals surface area (Å²) in [6.45, 7) is 6.93. The molecule has 3 rings (SSSR count). The number of carbonyl (C=O) groups is 1. The summed E-state index contributed by atoms with van der Waals surface area (Å²) in [5, 5.41) is 28.8. The molecule has 0 bridgehead atoms. The molecule has 0 atom stereocenters. The summed E-state index contributed by atoms with van der Waals surface area (Å²) >= 11 is 0. The fourth-order valence-corrected chi connectivity index (χ4v) is 3.01. The molecule has 163 valence electrons. The maximum absolute atomic E-state index is 12.7. The lowest BCUT2D eigenvalue weighted by Crippen LogP contribution is -2.53. The van der Waals surface area contributed by atoms with Gasteiger partial charge in [-0.1, -0.05) is 29.2 Å². The van der Waals surface area contributed by atoms with Crippen LogP contribution in [0, 0.1) is 28.9 Å². The van der Waals surface area contributed by atoms with Gasteiger partial charge in [-0.2, -0.15) is 0 Å². The topological polar surface area (TPSA) is 87.5 Å². The Hall–Kier alpha value is -3.94. The molecule has 7 nitrogen and oxygen atoms in total. The number of amides is 1. The van der Waals surface area contributed by atoms with Crippen molar-refractivity contribution in [1.82, 2.24) is 5.06 Å². The van der Waals surface area contributed by atoms with E-state index in [9.17, 15) is 15.2 Å². The molecule has 7 heteroatoms. The molecule has 1 radical (unpaired) electrons. The van der Waals surface area contributed by atoms with Crippen molar-refractivity contribution >= 4 is 17.6 Å². The second-order valence-corrected chi connectivity index (χ2v) is 8.23. The van der Waals surface area contributed by atoms with Crippen molar-refractivity contribution in [2.75, 3.05) is 11.9 Å². The fraction of sp³-hybridized carbons (Fsp3) is 0.280. The number of hydroxylamine groups is 3. The van der Waals surface area contributed by atoms with Gasteiger partial charge >= 0.3 is 11.9 Å². The van der Waals surface area contributed by atoms with Gasteiger partial charge in [-0.25, -0.2) is 4.79 Å². The summed E-state index contributed by atoms with van der Waals surface area (Å²) in [6.07, 6.45) is -0.593. The second kappa shape index (κ2) is 9.05. The Morgan fingerprint density at radius 3 is 2.31 bits per heavy atom. The molecular formula is C25H24N3O4. The highest BCUT2D eigenvalue weighted by molar-refractivity contribution is 5.96. The van der Waals surface area contributed by atoms with Gasteiger partial charge in [0, 0.05) is 16.5 Å². The van der Waals surface area contributed by atoms with E-state index in [1.807, 2.05) is 6.07 Å². The first-order valence-corrected chi connectivity index (χ1v) is 10.0. The molecule has 1 N–H and O–H groups in total. The minimum Gasteiger partial charge on any atom is -0.714 e. The first-order valence-electron chi connectivity index (χ1n) is 10.0. The van der Waals surface area contributed by atoms with Crippen LogP contribution in [0.15, 0.2) is 54.6 Å². The van der Waals surface area contributed by atoms with Gasteiger partial charge < -0.3 is 9.94 Å². The van der Waals surface area contributed by atoms with Crippen molar-refractivity contribution in [1.29, 1.82) is 0 Å². The SMILES string of the molecule is CC1(C)N([O])C(c2ccc(C#CC#CCOC(=O)Nc3ccccc3)cc2)=[N+]([O-])C1(C)C. The number of hydrogen-bond donors (Lipinski definition) is 1. The highest BCUT2D eigenvalue weighted by atomic mass is 16.5. The number of hydrogen-bond acceptors (Lipinski definition) is 4. The standard InChI is InChI=1S/C25H24N3O4/c1-24(2)25(3,4)28(31)22(27(24)30)20-16-14-19(15-17-20)11-7-6-10-18-32-23(29)26-21-12-8-5-9-13-21/h5,8-9,12-17H,18H2,1-4H3,(H,26,29). The fourth-order valence-electron chi connectivity index (χ4n) is 3.01. The van der Waals surface area contributed by atoms with Crippen LogP contribution >= 0.6 is 0 Å². The Labute approximate surface area is 187 Å². The number of amidine groups is 1. The summed E-state index contributed by atoms with van der Waals surface area (Å²) in [4.78, 5) is 11.6. The van der Waals surface area contributed by atoms with Crippen molar-refractivity contribution in [3.05, 3.63) is 70.9 Å². The van der Waals surface area contributed by atoms with E-state index in [2.05, 4.69) is 29.0 Å². The van der Waals surface area contributed by atoms with Crippen molar-refractivity contribution in [2.24, 2.45) is 0 Å². The quantitative estimate of drug-likeness (QED) is 0.456.